The number of benzene rings is 1. The summed E-state index contributed by atoms with van der Waals surface area (Å²) in [6.07, 6.45) is 5.42. The third kappa shape index (κ3) is 5.00. The molecule has 1 rings (SSSR count). The number of nitrogen functional groups attached to an aromatic ring is 1. The van der Waals surface area contributed by atoms with Gasteiger partial charge < -0.3 is 5.73 Å². The second-order valence-electron chi connectivity index (χ2n) is 5.81. The Morgan fingerprint density at radius 1 is 1.14 bits per heavy atom. The van der Waals surface area contributed by atoms with Gasteiger partial charge in [0.25, 0.3) is 0 Å². The Hall–Kier alpha value is -1.07. The van der Waals surface area contributed by atoms with Crippen LogP contribution in [0.3, 0.4) is 0 Å². The molecular weight excluding hydrogens is 284 g/mol. The molecule has 4 nitrogen and oxygen atoms in total. The zero-order valence-corrected chi connectivity index (χ0v) is 14.4. The highest BCUT2D eigenvalue weighted by Crippen LogP contribution is 2.26. The predicted octanol–water partition coefficient (Wildman–Crippen LogP) is 3.52. The van der Waals surface area contributed by atoms with Crippen LogP contribution in [0.5, 0.6) is 0 Å². The van der Waals surface area contributed by atoms with E-state index in [1.54, 1.807) is 13.0 Å². The highest BCUT2D eigenvalue weighted by molar-refractivity contribution is 7.89. The van der Waals surface area contributed by atoms with Gasteiger partial charge >= 0.3 is 0 Å². The summed E-state index contributed by atoms with van der Waals surface area (Å²) in [5, 5.41) is 0. The fourth-order valence-corrected chi connectivity index (χ4v) is 4.13. The van der Waals surface area contributed by atoms with Crippen molar-refractivity contribution in [1.82, 2.24) is 4.72 Å². The lowest BCUT2D eigenvalue weighted by atomic mass is 10.1. The molecule has 0 aliphatic rings. The first-order valence-electron chi connectivity index (χ1n) is 7.67. The molecule has 0 heterocycles. The molecule has 1 atom stereocenters. The van der Waals surface area contributed by atoms with Crippen molar-refractivity contribution in [3.63, 3.8) is 0 Å². The third-order valence-electron chi connectivity index (χ3n) is 3.73. The minimum absolute atomic E-state index is 0.0776. The maximum atomic E-state index is 12.5. The van der Waals surface area contributed by atoms with Crippen molar-refractivity contribution in [2.45, 2.75) is 70.7 Å². The monoisotopic (exact) mass is 312 g/mol. The number of hydrogen-bond acceptors (Lipinski definition) is 3. The minimum Gasteiger partial charge on any atom is -0.397 e. The number of nitrogens with one attached hydrogen (secondary N) is 1. The summed E-state index contributed by atoms with van der Waals surface area (Å²) >= 11 is 0. The average molecular weight is 312 g/mol. The first-order chi connectivity index (χ1) is 9.79. The molecule has 0 spiro atoms. The molecule has 0 aliphatic heterocycles. The fraction of sp³-hybridized carbons (Fsp3) is 0.625. The molecule has 0 fully saturated rings. The molecule has 0 saturated heterocycles. The number of sulfonamides is 1. The average Bonchev–Trinajstić information content (AvgIpc) is 2.38. The second kappa shape index (κ2) is 7.80. The van der Waals surface area contributed by atoms with E-state index in [0.717, 1.165) is 24.8 Å². The number of anilines is 1. The van der Waals surface area contributed by atoms with Crippen LogP contribution < -0.4 is 10.5 Å². The van der Waals surface area contributed by atoms with Crippen molar-refractivity contribution in [1.29, 1.82) is 0 Å². The Morgan fingerprint density at radius 3 is 2.38 bits per heavy atom. The van der Waals surface area contributed by atoms with E-state index in [-0.39, 0.29) is 10.9 Å². The van der Waals surface area contributed by atoms with Crippen LogP contribution in [-0.4, -0.2) is 14.5 Å². The molecule has 1 aromatic rings. The van der Waals surface area contributed by atoms with Crippen LogP contribution in [0.2, 0.25) is 0 Å². The van der Waals surface area contributed by atoms with E-state index in [1.807, 2.05) is 19.9 Å². The third-order valence-corrected chi connectivity index (χ3v) is 5.52. The quantitative estimate of drug-likeness (QED) is 0.570. The Balaban J connectivity index is 2.80. The van der Waals surface area contributed by atoms with Gasteiger partial charge in [0.05, 0.1) is 5.69 Å². The van der Waals surface area contributed by atoms with E-state index < -0.39 is 10.0 Å². The van der Waals surface area contributed by atoms with Gasteiger partial charge in [0.15, 0.2) is 0 Å². The van der Waals surface area contributed by atoms with Crippen LogP contribution in [0.25, 0.3) is 0 Å². The molecule has 5 heteroatoms. The summed E-state index contributed by atoms with van der Waals surface area (Å²) < 4.78 is 27.8. The van der Waals surface area contributed by atoms with Gasteiger partial charge in [-0.15, -0.1) is 0 Å². The van der Waals surface area contributed by atoms with Gasteiger partial charge in [-0.1, -0.05) is 44.7 Å². The Kier molecular flexibility index (Phi) is 6.68. The van der Waals surface area contributed by atoms with Gasteiger partial charge in [-0.3, -0.25) is 0 Å². The summed E-state index contributed by atoms with van der Waals surface area (Å²) in [6.45, 7) is 7.67. The van der Waals surface area contributed by atoms with E-state index in [2.05, 4.69) is 11.6 Å². The van der Waals surface area contributed by atoms with E-state index in [0.29, 0.717) is 11.3 Å². The molecule has 21 heavy (non-hydrogen) atoms. The molecular formula is C16H28N2O2S. The lowest BCUT2D eigenvalue weighted by molar-refractivity contribution is 0.522. The molecule has 0 aromatic heterocycles. The zero-order valence-electron chi connectivity index (χ0n) is 13.6. The maximum absolute atomic E-state index is 12.5. The van der Waals surface area contributed by atoms with Crippen LogP contribution in [0.15, 0.2) is 17.0 Å². The van der Waals surface area contributed by atoms with Crippen LogP contribution in [0, 0.1) is 13.8 Å². The Labute approximate surface area is 129 Å². The van der Waals surface area contributed by atoms with Crippen LogP contribution >= 0.6 is 0 Å². The second-order valence-corrected chi connectivity index (χ2v) is 7.46. The van der Waals surface area contributed by atoms with Crippen LogP contribution in [-0.2, 0) is 10.0 Å². The molecule has 0 saturated carbocycles. The van der Waals surface area contributed by atoms with Crippen molar-refractivity contribution < 1.29 is 8.42 Å². The minimum atomic E-state index is -3.56. The zero-order chi connectivity index (χ0) is 16.0. The first-order valence-corrected chi connectivity index (χ1v) is 9.16. The molecule has 0 radical (unpaired) electrons. The van der Waals surface area contributed by atoms with Gasteiger partial charge in [0.2, 0.25) is 10.0 Å². The van der Waals surface area contributed by atoms with Crippen molar-refractivity contribution in [3.05, 3.63) is 23.3 Å². The summed E-state index contributed by atoms with van der Waals surface area (Å²) in [5.41, 5.74) is 7.79. The smallest absolute Gasteiger partial charge is 0.243 e. The highest BCUT2D eigenvalue weighted by Gasteiger charge is 2.22. The molecule has 120 valence electrons. The van der Waals surface area contributed by atoms with Gasteiger partial charge in [-0.05, 0) is 38.3 Å². The maximum Gasteiger partial charge on any atom is 0.243 e. The molecule has 3 N–H and O–H groups in total. The lowest BCUT2D eigenvalue weighted by Gasteiger charge is -2.17. The molecule has 1 aromatic carbocycles. The summed E-state index contributed by atoms with van der Waals surface area (Å²) in [4.78, 5) is 0.225. The van der Waals surface area contributed by atoms with Gasteiger partial charge in [0.1, 0.15) is 4.90 Å². The topological polar surface area (TPSA) is 72.2 Å². The van der Waals surface area contributed by atoms with Crippen LogP contribution in [0.1, 0.15) is 57.1 Å². The van der Waals surface area contributed by atoms with Crippen molar-refractivity contribution in [2.24, 2.45) is 0 Å². The summed E-state index contributed by atoms with van der Waals surface area (Å²) in [5.74, 6) is 0. The molecule has 0 aliphatic carbocycles. The predicted molar refractivity (Wildman–Crippen MR) is 88.9 cm³/mol. The number of unbranched alkanes of at least 4 members (excludes halogenated alkanes) is 3. The Bertz CT molecular complexity index is 568. The highest BCUT2D eigenvalue weighted by atomic mass is 32.2. The number of aryl methyl sites for hydroxylation is 2. The van der Waals surface area contributed by atoms with E-state index >= 15 is 0 Å². The van der Waals surface area contributed by atoms with Crippen LogP contribution in [0.4, 0.5) is 5.69 Å². The van der Waals surface area contributed by atoms with Gasteiger partial charge in [0, 0.05) is 6.04 Å². The van der Waals surface area contributed by atoms with Crippen molar-refractivity contribution >= 4 is 15.7 Å². The summed E-state index contributed by atoms with van der Waals surface area (Å²) in [7, 11) is -3.56. The van der Waals surface area contributed by atoms with Crippen molar-refractivity contribution in [2.75, 3.05) is 5.73 Å². The van der Waals surface area contributed by atoms with Gasteiger partial charge in [-0.25, -0.2) is 13.1 Å². The van der Waals surface area contributed by atoms with Crippen molar-refractivity contribution in [3.8, 4) is 0 Å². The number of rotatable bonds is 8. The lowest BCUT2D eigenvalue weighted by Crippen LogP contribution is -2.33. The SMILES string of the molecule is CCCCCCC(C)NS(=O)(=O)c1c(C)ccc(C)c1N. The van der Waals surface area contributed by atoms with E-state index in [9.17, 15) is 8.42 Å². The molecule has 0 amide bonds. The van der Waals surface area contributed by atoms with Gasteiger partial charge in [-0.2, -0.15) is 0 Å². The normalized spacial score (nSPS) is 13.3. The standard InChI is InChI=1S/C16H28N2O2S/c1-5-6-7-8-9-14(4)18-21(19,20)16-13(3)11-10-12(2)15(16)17/h10-11,14,18H,5-9,17H2,1-4H3. The fourth-order valence-electron chi connectivity index (χ4n) is 2.42. The molecule has 0 bridgehead atoms. The molecule has 1 unspecified atom stereocenters. The van der Waals surface area contributed by atoms with E-state index in [4.69, 9.17) is 5.73 Å². The number of nitrogens with two attached hydrogens (primary N) is 1. The number of hydrogen-bond donors (Lipinski definition) is 2. The summed E-state index contributed by atoms with van der Waals surface area (Å²) in [6, 6.07) is 3.57. The first kappa shape index (κ1) is 18.0. The van der Waals surface area contributed by atoms with E-state index in [1.165, 1.54) is 12.8 Å². The Morgan fingerprint density at radius 2 is 1.76 bits per heavy atom. The largest absolute Gasteiger partial charge is 0.397 e.